The van der Waals surface area contributed by atoms with Crippen LogP contribution in [-0.4, -0.2) is 19.1 Å². The summed E-state index contributed by atoms with van der Waals surface area (Å²) in [5.74, 6) is 0.602. The molecular weight excluding hydrogens is 721 g/mol. The van der Waals surface area contributed by atoms with E-state index in [1.807, 2.05) is 6.07 Å². The van der Waals surface area contributed by atoms with E-state index in [1.54, 1.807) is 0 Å². The Hall–Kier alpha value is -8.02. The number of aromatic nitrogens is 4. The summed E-state index contributed by atoms with van der Waals surface area (Å²) in [6.07, 6.45) is 0. The van der Waals surface area contributed by atoms with Gasteiger partial charge in [-0.1, -0.05) is 152 Å². The number of benzene rings is 9. The molecule has 0 bridgehead atoms. The Morgan fingerprint density at radius 1 is 0.390 bits per heavy atom. The predicted octanol–water partition coefficient (Wildman–Crippen LogP) is 14.2. The van der Waals surface area contributed by atoms with Gasteiger partial charge in [0.2, 0.25) is 5.95 Å². The predicted molar refractivity (Wildman–Crippen MR) is 244 cm³/mol. The molecule has 5 heteroatoms. The van der Waals surface area contributed by atoms with Gasteiger partial charge in [0.25, 0.3) is 0 Å². The lowest BCUT2D eigenvalue weighted by atomic mass is 10.0. The molecular formula is C54H32N4O. The average Bonchev–Trinajstić information content (AvgIpc) is 3.97. The number of furan rings is 1. The van der Waals surface area contributed by atoms with E-state index in [1.165, 1.54) is 10.9 Å². The average molecular weight is 753 g/mol. The number of para-hydroxylation sites is 2. The Kier molecular flexibility index (Phi) is 6.66. The summed E-state index contributed by atoms with van der Waals surface area (Å²) in [4.78, 5) is 11.2. The van der Waals surface area contributed by atoms with Crippen molar-refractivity contribution in [2.75, 3.05) is 0 Å². The van der Waals surface area contributed by atoms with Crippen LogP contribution in [-0.2, 0) is 0 Å². The van der Waals surface area contributed by atoms with Gasteiger partial charge in [-0.15, -0.1) is 0 Å². The van der Waals surface area contributed by atoms with Gasteiger partial charge in [0.15, 0.2) is 0 Å². The van der Waals surface area contributed by atoms with Gasteiger partial charge in [-0.05, 0) is 59.0 Å². The maximum Gasteiger partial charge on any atom is 0.235 e. The molecule has 59 heavy (non-hydrogen) atoms. The Balaban J connectivity index is 1.25. The highest BCUT2D eigenvalue weighted by atomic mass is 16.3. The molecule has 0 saturated heterocycles. The maximum atomic E-state index is 6.83. The minimum absolute atomic E-state index is 0.602. The zero-order valence-corrected chi connectivity index (χ0v) is 31.7. The van der Waals surface area contributed by atoms with Gasteiger partial charge in [-0.25, -0.2) is 9.97 Å². The highest BCUT2D eigenvalue weighted by molar-refractivity contribution is 6.29. The van der Waals surface area contributed by atoms with E-state index in [4.69, 9.17) is 14.4 Å². The third kappa shape index (κ3) is 4.61. The summed E-state index contributed by atoms with van der Waals surface area (Å²) in [5.41, 5.74) is 12.2. The number of hydrogen-bond acceptors (Lipinski definition) is 3. The fourth-order valence-corrected chi connectivity index (χ4v) is 9.51. The molecule has 13 aromatic rings. The van der Waals surface area contributed by atoms with E-state index < -0.39 is 0 Å². The summed E-state index contributed by atoms with van der Waals surface area (Å²) in [7, 11) is 0. The van der Waals surface area contributed by atoms with E-state index in [9.17, 15) is 0 Å². The second-order valence-corrected chi connectivity index (χ2v) is 15.3. The maximum absolute atomic E-state index is 6.83. The molecule has 0 unspecified atom stereocenters. The number of nitrogens with zero attached hydrogens (tertiary/aromatic N) is 4. The van der Waals surface area contributed by atoms with E-state index in [-0.39, 0.29) is 0 Å². The van der Waals surface area contributed by atoms with Gasteiger partial charge in [0.05, 0.1) is 38.7 Å². The van der Waals surface area contributed by atoms with Crippen molar-refractivity contribution < 1.29 is 4.42 Å². The van der Waals surface area contributed by atoms with Crippen LogP contribution in [0, 0.1) is 0 Å². The smallest absolute Gasteiger partial charge is 0.235 e. The van der Waals surface area contributed by atoms with Crippen LogP contribution < -0.4 is 0 Å². The molecule has 0 N–H and O–H groups in total. The van der Waals surface area contributed by atoms with E-state index in [0.717, 1.165) is 104 Å². The number of fused-ring (bicyclic) bond motifs is 14. The molecule has 0 aliphatic rings. The molecule has 274 valence electrons. The van der Waals surface area contributed by atoms with E-state index in [0.29, 0.717) is 5.95 Å². The van der Waals surface area contributed by atoms with Crippen molar-refractivity contribution in [1.82, 2.24) is 19.1 Å². The summed E-state index contributed by atoms with van der Waals surface area (Å²) in [6.45, 7) is 0. The number of hydrogen-bond donors (Lipinski definition) is 0. The van der Waals surface area contributed by atoms with Crippen LogP contribution >= 0.6 is 0 Å². The van der Waals surface area contributed by atoms with Gasteiger partial charge >= 0.3 is 0 Å². The first-order valence-electron chi connectivity index (χ1n) is 20.0. The van der Waals surface area contributed by atoms with Crippen LogP contribution in [0.1, 0.15) is 0 Å². The van der Waals surface area contributed by atoms with Gasteiger partial charge in [-0.3, -0.25) is 4.57 Å². The minimum Gasteiger partial charge on any atom is -0.455 e. The lowest BCUT2D eigenvalue weighted by Crippen LogP contribution is -2.05. The molecule has 0 radical (unpaired) electrons. The summed E-state index contributed by atoms with van der Waals surface area (Å²) in [5, 5.41) is 9.84. The topological polar surface area (TPSA) is 48.8 Å². The van der Waals surface area contributed by atoms with Crippen molar-refractivity contribution >= 4 is 87.2 Å². The molecule has 0 saturated carbocycles. The highest BCUT2D eigenvalue weighted by Gasteiger charge is 2.26. The third-order valence-electron chi connectivity index (χ3n) is 12.1. The van der Waals surface area contributed by atoms with Gasteiger partial charge in [0, 0.05) is 49.0 Å². The van der Waals surface area contributed by atoms with Crippen LogP contribution in [0.25, 0.3) is 121 Å². The number of rotatable bonds is 4. The quantitative estimate of drug-likeness (QED) is 0.168. The summed E-state index contributed by atoms with van der Waals surface area (Å²) in [6, 6.07) is 68.8. The molecule has 0 spiro atoms. The molecule has 0 aliphatic carbocycles. The standard InChI is InChI=1S/C54H32N4O/c1-3-14-33(15-4-1)36-19-13-20-37(32-36)57-45-24-11-9-22-39(45)41-28-29-43-48-46(31-30-42-40-23-10-12-25-47(40)59-53(42)48)58(52(43)51(41)57)54-55-49(35-17-5-2-6-18-35)44-27-26-34-16-7-8-21-38(34)50(44)56-54/h1-32H. The second kappa shape index (κ2) is 12.2. The Morgan fingerprint density at radius 2 is 1.05 bits per heavy atom. The fourth-order valence-electron chi connectivity index (χ4n) is 9.51. The van der Waals surface area contributed by atoms with Crippen molar-refractivity contribution in [3.63, 3.8) is 0 Å². The molecule has 9 aromatic carbocycles. The lowest BCUT2D eigenvalue weighted by Gasteiger charge is -2.15. The van der Waals surface area contributed by atoms with Gasteiger partial charge in [-0.2, -0.15) is 0 Å². The van der Waals surface area contributed by atoms with Crippen molar-refractivity contribution in [3.8, 4) is 34.0 Å². The first kappa shape index (κ1) is 32.1. The highest BCUT2D eigenvalue weighted by Crippen LogP contribution is 2.45. The molecule has 0 atom stereocenters. The Labute approximate surface area is 337 Å². The van der Waals surface area contributed by atoms with Crippen molar-refractivity contribution in [3.05, 3.63) is 194 Å². The molecule has 5 nitrogen and oxygen atoms in total. The van der Waals surface area contributed by atoms with Crippen LogP contribution in [0.3, 0.4) is 0 Å². The lowest BCUT2D eigenvalue weighted by molar-refractivity contribution is 0.673. The largest absolute Gasteiger partial charge is 0.455 e. The van der Waals surface area contributed by atoms with Crippen LogP contribution in [0.4, 0.5) is 0 Å². The first-order chi connectivity index (χ1) is 29.3. The molecule has 0 fully saturated rings. The molecule has 4 aromatic heterocycles. The zero-order chi connectivity index (χ0) is 38.6. The zero-order valence-electron chi connectivity index (χ0n) is 31.7. The molecule has 0 amide bonds. The minimum atomic E-state index is 0.602. The molecule has 0 aliphatic heterocycles. The van der Waals surface area contributed by atoms with Crippen molar-refractivity contribution in [1.29, 1.82) is 0 Å². The van der Waals surface area contributed by atoms with Crippen LogP contribution in [0.5, 0.6) is 0 Å². The first-order valence-corrected chi connectivity index (χ1v) is 20.0. The van der Waals surface area contributed by atoms with Gasteiger partial charge < -0.3 is 8.98 Å². The fraction of sp³-hybridized carbons (Fsp3) is 0. The van der Waals surface area contributed by atoms with E-state index in [2.05, 4.69) is 197 Å². The monoisotopic (exact) mass is 752 g/mol. The summed E-state index contributed by atoms with van der Waals surface area (Å²) >= 11 is 0. The van der Waals surface area contributed by atoms with Gasteiger partial charge in [0.1, 0.15) is 11.2 Å². The Morgan fingerprint density at radius 3 is 1.92 bits per heavy atom. The normalized spacial score (nSPS) is 12.1. The van der Waals surface area contributed by atoms with Crippen molar-refractivity contribution in [2.45, 2.75) is 0 Å². The summed E-state index contributed by atoms with van der Waals surface area (Å²) < 4.78 is 11.6. The van der Waals surface area contributed by atoms with Crippen LogP contribution in [0.2, 0.25) is 0 Å². The Bertz CT molecular complexity index is 3840. The molecule has 13 rings (SSSR count). The van der Waals surface area contributed by atoms with Crippen LogP contribution in [0.15, 0.2) is 199 Å². The second-order valence-electron chi connectivity index (χ2n) is 15.3. The molecule has 4 heterocycles. The SMILES string of the molecule is c1ccc(-c2cccc(-n3c4ccccc4c4ccc5c6c7oc8ccccc8c7ccc6n(-c6nc(-c7ccccc7)c7ccc8ccccc8c7n6)c5c43)c2)cc1. The van der Waals surface area contributed by atoms with E-state index >= 15 is 0 Å². The third-order valence-corrected chi connectivity index (χ3v) is 12.1. The van der Waals surface area contributed by atoms with Crippen molar-refractivity contribution in [2.24, 2.45) is 0 Å².